The first-order valence-corrected chi connectivity index (χ1v) is 10.7. The summed E-state index contributed by atoms with van der Waals surface area (Å²) in [6, 6.07) is 8.36. The highest BCUT2D eigenvalue weighted by atomic mass is 35.5. The summed E-state index contributed by atoms with van der Waals surface area (Å²) in [5.41, 5.74) is 0.726. The first kappa shape index (κ1) is 23.5. The minimum absolute atomic E-state index is 0.0557. The van der Waals surface area contributed by atoms with Crippen molar-refractivity contribution >= 4 is 29.1 Å². The first-order chi connectivity index (χ1) is 15.3. The van der Waals surface area contributed by atoms with Gasteiger partial charge in [-0.25, -0.2) is 0 Å². The van der Waals surface area contributed by atoms with E-state index in [0.29, 0.717) is 12.1 Å². The SMILES string of the molecule is CCCCCN1C(=O)C(=O)/C(=C(/O)c2cc(OC)c(Cl)cc2OC)C1c1ccc(O)cc1. The Morgan fingerprint density at radius 2 is 1.72 bits per heavy atom. The summed E-state index contributed by atoms with van der Waals surface area (Å²) in [5.74, 6) is -1.27. The van der Waals surface area contributed by atoms with Gasteiger partial charge in [0.05, 0.1) is 36.4 Å². The van der Waals surface area contributed by atoms with E-state index in [-0.39, 0.29) is 39.2 Å². The number of methoxy groups -OCH3 is 2. The number of carbonyl (C=O) groups excluding carboxylic acids is 2. The molecule has 0 bridgehead atoms. The lowest BCUT2D eigenvalue weighted by Crippen LogP contribution is -2.30. The second-order valence-corrected chi connectivity index (χ2v) is 7.89. The first-order valence-electron chi connectivity index (χ1n) is 10.3. The highest BCUT2D eigenvalue weighted by Crippen LogP contribution is 2.43. The molecule has 1 amide bonds. The van der Waals surface area contributed by atoms with Crippen molar-refractivity contribution in [1.82, 2.24) is 4.90 Å². The number of likely N-dealkylation sites (tertiary alicyclic amines) is 1. The Bertz CT molecular complexity index is 1050. The van der Waals surface area contributed by atoms with Gasteiger partial charge in [-0.05, 0) is 30.2 Å². The smallest absolute Gasteiger partial charge is 0.295 e. The summed E-state index contributed by atoms with van der Waals surface area (Å²) in [6.45, 7) is 2.41. The van der Waals surface area contributed by atoms with Crippen LogP contribution in [0.5, 0.6) is 17.2 Å². The van der Waals surface area contributed by atoms with Gasteiger partial charge in [-0.3, -0.25) is 9.59 Å². The van der Waals surface area contributed by atoms with Gasteiger partial charge in [0.15, 0.2) is 0 Å². The monoisotopic (exact) mass is 459 g/mol. The molecule has 1 aliphatic rings. The molecular formula is C24H26ClNO6. The molecule has 0 spiro atoms. The Balaban J connectivity index is 2.21. The Labute approximate surface area is 191 Å². The van der Waals surface area contributed by atoms with Crippen molar-refractivity contribution in [2.75, 3.05) is 20.8 Å². The Morgan fingerprint density at radius 3 is 2.31 bits per heavy atom. The van der Waals surface area contributed by atoms with Gasteiger partial charge in [0.25, 0.3) is 11.7 Å². The van der Waals surface area contributed by atoms with Crippen LogP contribution >= 0.6 is 11.6 Å². The van der Waals surface area contributed by atoms with Crippen molar-refractivity contribution in [2.24, 2.45) is 0 Å². The van der Waals surface area contributed by atoms with Crippen LogP contribution in [0.25, 0.3) is 5.76 Å². The fraction of sp³-hybridized carbons (Fsp3) is 0.333. The molecule has 0 radical (unpaired) electrons. The number of halogens is 1. The normalized spacial score (nSPS) is 17.6. The van der Waals surface area contributed by atoms with E-state index in [9.17, 15) is 19.8 Å². The number of phenolic OH excluding ortho intramolecular Hbond substituents is 1. The Hall–Kier alpha value is -3.19. The number of aliphatic hydroxyl groups excluding tert-OH is 1. The summed E-state index contributed by atoms with van der Waals surface area (Å²) < 4.78 is 10.6. The zero-order valence-corrected chi connectivity index (χ0v) is 19.0. The minimum Gasteiger partial charge on any atom is -0.508 e. The standard InChI is InChI=1S/C24H26ClNO6/c1-4-5-6-11-26-21(14-7-9-15(27)10-8-14)20(23(29)24(26)30)22(28)16-12-19(32-3)17(25)13-18(16)31-2/h7-10,12-13,21,27-28H,4-6,11H2,1-3H3/b22-20+. The zero-order chi connectivity index (χ0) is 23.4. The van der Waals surface area contributed by atoms with E-state index in [2.05, 4.69) is 0 Å². The second-order valence-electron chi connectivity index (χ2n) is 7.48. The van der Waals surface area contributed by atoms with Crippen molar-refractivity contribution in [2.45, 2.75) is 32.2 Å². The van der Waals surface area contributed by atoms with Gasteiger partial charge in [-0.2, -0.15) is 0 Å². The van der Waals surface area contributed by atoms with E-state index in [1.807, 2.05) is 6.92 Å². The van der Waals surface area contributed by atoms with E-state index in [1.165, 1.54) is 43.4 Å². The molecule has 8 heteroatoms. The summed E-state index contributed by atoms with van der Waals surface area (Å²) in [6.07, 6.45) is 2.57. The van der Waals surface area contributed by atoms with Crippen LogP contribution in [0.4, 0.5) is 0 Å². The molecule has 2 N–H and O–H groups in total. The highest BCUT2D eigenvalue weighted by molar-refractivity contribution is 6.46. The van der Waals surface area contributed by atoms with Crippen molar-refractivity contribution in [3.8, 4) is 17.2 Å². The predicted octanol–water partition coefficient (Wildman–Crippen LogP) is 4.67. The third-order valence-electron chi connectivity index (χ3n) is 5.48. The van der Waals surface area contributed by atoms with Crippen LogP contribution < -0.4 is 9.47 Å². The van der Waals surface area contributed by atoms with Crippen LogP contribution in [-0.2, 0) is 9.59 Å². The van der Waals surface area contributed by atoms with Gasteiger partial charge in [0.1, 0.15) is 23.0 Å². The average Bonchev–Trinajstić information content (AvgIpc) is 3.04. The molecule has 2 aromatic rings. The van der Waals surface area contributed by atoms with Crippen molar-refractivity contribution in [3.63, 3.8) is 0 Å². The Morgan fingerprint density at radius 1 is 1.06 bits per heavy atom. The molecule has 170 valence electrons. The van der Waals surface area contributed by atoms with E-state index in [1.54, 1.807) is 12.1 Å². The molecule has 7 nitrogen and oxygen atoms in total. The fourth-order valence-corrected chi connectivity index (χ4v) is 4.07. The predicted molar refractivity (Wildman–Crippen MR) is 121 cm³/mol. The third kappa shape index (κ3) is 4.39. The van der Waals surface area contributed by atoms with E-state index >= 15 is 0 Å². The summed E-state index contributed by atoms with van der Waals surface area (Å²) >= 11 is 6.17. The number of aromatic hydroxyl groups is 1. The number of carbonyl (C=O) groups is 2. The van der Waals surface area contributed by atoms with Crippen LogP contribution in [0.1, 0.15) is 43.4 Å². The molecule has 1 aliphatic heterocycles. The van der Waals surface area contributed by atoms with Crippen LogP contribution in [0, 0.1) is 0 Å². The number of aliphatic hydroxyl groups is 1. The summed E-state index contributed by atoms with van der Waals surface area (Å²) in [5, 5.41) is 21.2. The van der Waals surface area contributed by atoms with Gasteiger partial charge in [0.2, 0.25) is 0 Å². The second kappa shape index (κ2) is 9.96. The number of nitrogens with zero attached hydrogens (tertiary/aromatic N) is 1. The highest BCUT2D eigenvalue weighted by Gasteiger charge is 2.46. The molecule has 2 aromatic carbocycles. The number of rotatable bonds is 8. The van der Waals surface area contributed by atoms with E-state index < -0.39 is 17.7 Å². The number of phenols is 1. The van der Waals surface area contributed by atoms with Gasteiger partial charge < -0.3 is 24.6 Å². The number of unbranched alkanes of at least 4 members (excludes halogenated alkanes) is 2. The maximum atomic E-state index is 13.1. The van der Waals surface area contributed by atoms with Crippen molar-refractivity contribution in [3.05, 3.63) is 58.1 Å². The maximum absolute atomic E-state index is 13.1. The number of benzene rings is 2. The molecule has 3 rings (SSSR count). The van der Waals surface area contributed by atoms with Crippen LogP contribution in [0.3, 0.4) is 0 Å². The van der Waals surface area contributed by atoms with Crippen LogP contribution in [0.15, 0.2) is 42.0 Å². The van der Waals surface area contributed by atoms with Crippen LogP contribution in [-0.4, -0.2) is 47.6 Å². The molecule has 1 atom stereocenters. The molecule has 0 aromatic heterocycles. The fourth-order valence-electron chi connectivity index (χ4n) is 3.84. The van der Waals surface area contributed by atoms with Crippen LogP contribution in [0.2, 0.25) is 5.02 Å². The van der Waals surface area contributed by atoms with Gasteiger partial charge in [-0.15, -0.1) is 0 Å². The van der Waals surface area contributed by atoms with E-state index in [4.69, 9.17) is 21.1 Å². The molecular weight excluding hydrogens is 434 g/mol. The molecule has 1 unspecified atom stereocenters. The van der Waals surface area contributed by atoms with Gasteiger partial charge in [0, 0.05) is 12.6 Å². The molecule has 0 saturated carbocycles. The van der Waals surface area contributed by atoms with Gasteiger partial charge >= 0.3 is 0 Å². The quantitative estimate of drug-likeness (QED) is 0.257. The van der Waals surface area contributed by atoms with Crippen molar-refractivity contribution in [1.29, 1.82) is 0 Å². The lowest BCUT2D eigenvalue weighted by Gasteiger charge is -2.25. The molecule has 0 aliphatic carbocycles. The lowest BCUT2D eigenvalue weighted by molar-refractivity contribution is -0.139. The summed E-state index contributed by atoms with van der Waals surface area (Å²) in [4.78, 5) is 27.5. The molecule has 1 fully saturated rings. The third-order valence-corrected chi connectivity index (χ3v) is 5.78. The molecule has 32 heavy (non-hydrogen) atoms. The van der Waals surface area contributed by atoms with Gasteiger partial charge in [-0.1, -0.05) is 43.5 Å². The maximum Gasteiger partial charge on any atom is 0.295 e. The van der Waals surface area contributed by atoms with Crippen molar-refractivity contribution < 1.29 is 29.3 Å². The number of Topliss-reactive ketones (excluding diaryl/α,β-unsaturated/α-hetero) is 1. The number of ketones is 1. The number of ether oxygens (including phenoxy) is 2. The van der Waals surface area contributed by atoms with E-state index in [0.717, 1.165) is 19.3 Å². The number of hydrogen-bond acceptors (Lipinski definition) is 6. The minimum atomic E-state index is -0.807. The summed E-state index contributed by atoms with van der Waals surface area (Å²) in [7, 11) is 2.84. The number of amides is 1. The lowest BCUT2D eigenvalue weighted by atomic mass is 9.94. The largest absolute Gasteiger partial charge is 0.508 e. The topological polar surface area (TPSA) is 96.3 Å². The average molecular weight is 460 g/mol. The molecule has 1 saturated heterocycles. The Kier molecular flexibility index (Phi) is 7.30. The molecule has 1 heterocycles. The number of hydrogen-bond donors (Lipinski definition) is 2. The zero-order valence-electron chi connectivity index (χ0n) is 18.2.